The number of benzene rings is 2. The molecule has 0 amide bonds. The van der Waals surface area contributed by atoms with Crippen molar-refractivity contribution in [1.29, 1.82) is 0 Å². The summed E-state index contributed by atoms with van der Waals surface area (Å²) in [5.41, 5.74) is 4.70. The molecule has 0 bridgehead atoms. The van der Waals surface area contributed by atoms with Crippen molar-refractivity contribution in [2.24, 2.45) is 5.41 Å². The van der Waals surface area contributed by atoms with Crippen molar-refractivity contribution in [3.63, 3.8) is 0 Å². The summed E-state index contributed by atoms with van der Waals surface area (Å²) < 4.78 is 46.2. The van der Waals surface area contributed by atoms with Crippen molar-refractivity contribution in [3.8, 4) is 5.75 Å². The molecule has 6 nitrogen and oxygen atoms in total. The van der Waals surface area contributed by atoms with Crippen LogP contribution in [-0.2, 0) is 5.41 Å². The molecule has 2 heterocycles. The van der Waals surface area contributed by atoms with E-state index in [1.165, 1.54) is 22.1 Å². The van der Waals surface area contributed by atoms with E-state index in [-0.39, 0.29) is 10.8 Å². The van der Waals surface area contributed by atoms with Gasteiger partial charge in [0.1, 0.15) is 11.5 Å². The lowest BCUT2D eigenvalue weighted by Crippen LogP contribution is -2.68. The van der Waals surface area contributed by atoms with E-state index in [9.17, 15) is 0 Å². The average molecular weight is 537 g/mol. The predicted octanol–water partition coefficient (Wildman–Crippen LogP) is 4.23. The standard InChI is InChI=1S/C31H33O2.ClHO4/c1-30(2,3)26-20-22(32-28-18-12-10-16-24(26)28)14-8-7-9-15-23-21-27(31(4,5)6)25-17-11-13-19-29(25)33-23;2-1(3,4)5/h7-21H,1-6H3;(H,2,3,4,5)/q+1;/p-1. The van der Waals surface area contributed by atoms with Gasteiger partial charge in [-0.3, -0.25) is 0 Å². The first-order valence-corrected chi connectivity index (χ1v) is 13.4. The summed E-state index contributed by atoms with van der Waals surface area (Å²) in [4.78, 5) is 0. The lowest BCUT2D eigenvalue weighted by molar-refractivity contribution is -2.00. The van der Waals surface area contributed by atoms with Crippen LogP contribution in [0.4, 0.5) is 0 Å². The minimum absolute atomic E-state index is 0.0327. The molecule has 4 rings (SSSR count). The van der Waals surface area contributed by atoms with Gasteiger partial charge < -0.3 is 4.74 Å². The fraction of sp³-hybridized carbons (Fsp3) is 0.258. The second-order valence-corrected chi connectivity index (χ2v) is 11.7. The first-order chi connectivity index (χ1) is 17.6. The van der Waals surface area contributed by atoms with E-state index in [4.69, 9.17) is 27.8 Å². The van der Waals surface area contributed by atoms with Crippen LogP contribution in [0.3, 0.4) is 0 Å². The Labute approximate surface area is 226 Å². The maximum absolute atomic E-state index is 8.49. The first-order valence-electron chi connectivity index (χ1n) is 12.2. The minimum atomic E-state index is -4.94. The zero-order valence-electron chi connectivity index (χ0n) is 22.5. The van der Waals surface area contributed by atoms with Gasteiger partial charge >= 0.3 is 11.3 Å². The van der Waals surface area contributed by atoms with E-state index in [1.807, 2.05) is 54.6 Å². The van der Waals surface area contributed by atoms with Gasteiger partial charge in [-0.05, 0) is 46.3 Å². The predicted molar refractivity (Wildman–Crippen MR) is 140 cm³/mol. The molecule has 0 saturated carbocycles. The normalized spacial score (nSPS) is 15.3. The highest BCUT2D eigenvalue weighted by Gasteiger charge is 2.26. The van der Waals surface area contributed by atoms with Crippen LogP contribution in [0.5, 0.6) is 5.75 Å². The fourth-order valence-electron chi connectivity index (χ4n) is 4.08. The van der Waals surface area contributed by atoms with Crippen molar-refractivity contribution in [2.75, 3.05) is 0 Å². The van der Waals surface area contributed by atoms with Crippen LogP contribution in [-0.4, -0.2) is 0 Å². The summed E-state index contributed by atoms with van der Waals surface area (Å²) in [5, 5.41) is 1.17. The molecule has 0 radical (unpaired) electrons. The summed E-state index contributed by atoms with van der Waals surface area (Å²) >= 11 is 0. The van der Waals surface area contributed by atoms with Crippen molar-refractivity contribution >= 4 is 22.6 Å². The van der Waals surface area contributed by atoms with Crippen LogP contribution < -0.4 is 23.4 Å². The van der Waals surface area contributed by atoms with E-state index in [1.54, 1.807) is 0 Å². The Bertz CT molecular complexity index is 1390. The molecule has 7 heteroatoms. The lowest BCUT2D eigenvalue weighted by Gasteiger charge is -2.29. The number of allylic oxidation sites excluding steroid dienone is 6. The van der Waals surface area contributed by atoms with Gasteiger partial charge in [-0.15, -0.1) is 10.2 Å². The third kappa shape index (κ3) is 8.38. The Kier molecular flexibility index (Phi) is 8.97. The Balaban J connectivity index is 0.000000732. The molecule has 2 aromatic carbocycles. The van der Waals surface area contributed by atoms with Crippen molar-refractivity contribution < 1.29 is 38.0 Å². The van der Waals surface area contributed by atoms with Crippen molar-refractivity contribution in [2.45, 2.75) is 47.0 Å². The Morgan fingerprint density at radius 1 is 0.789 bits per heavy atom. The number of ether oxygens (including phenoxy) is 1. The van der Waals surface area contributed by atoms with Crippen LogP contribution >= 0.6 is 0 Å². The molecule has 38 heavy (non-hydrogen) atoms. The first kappa shape index (κ1) is 29.3. The van der Waals surface area contributed by atoms with Gasteiger partial charge in [0.25, 0.3) is 0 Å². The van der Waals surface area contributed by atoms with E-state index in [0.717, 1.165) is 22.9 Å². The van der Waals surface area contributed by atoms with Crippen LogP contribution in [0.2, 0.25) is 0 Å². The van der Waals surface area contributed by atoms with Crippen LogP contribution in [0, 0.1) is 15.7 Å². The second-order valence-electron chi connectivity index (χ2n) is 10.9. The molecule has 0 fully saturated rings. The Hall–Kier alpha value is -3.26. The quantitative estimate of drug-likeness (QED) is 0.365. The van der Waals surface area contributed by atoms with Gasteiger partial charge in [0, 0.05) is 23.8 Å². The molecule has 0 unspecified atom stereocenters. The second kappa shape index (κ2) is 11.6. The van der Waals surface area contributed by atoms with Gasteiger partial charge in [-0.1, -0.05) is 90.1 Å². The minimum Gasteiger partial charge on any atom is -0.457 e. The molecule has 200 valence electrons. The van der Waals surface area contributed by atoms with E-state index in [2.05, 4.69) is 78.0 Å². The fourth-order valence-corrected chi connectivity index (χ4v) is 4.08. The van der Waals surface area contributed by atoms with E-state index >= 15 is 0 Å². The molecule has 0 atom stereocenters. The molecule has 0 saturated heterocycles. The Morgan fingerprint density at radius 2 is 1.42 bits per heavy atom. The summed E-state index contributed by atoms with van der Waals surface area (Å²) in [6.07, 6.45) is 12.2. The number of para-hydroxylation sites is 2. The zero-order valence-corrected chi connectivity index (χ0v) is 23.2. The lowest BCUT2D eigenvalue weighted by atomic mass is 9.80. The molecule has 0 spiro atoms. The average Bonchev–Trinajstić information content (AvgIpc) is 2.80. The van der Waals surface area contributed by atoms with E-state index in [0.29, 0.717) is 0 Å². The number of hydrogen-bond acceptors (Lipinski definition) is 5. The van der Waals surface area contributed by atoms with Crippen LogP contribution in [0.25, 0.3) is 22.6 Å². The summed E-state index contributed by atoms with van der Waals surface area (Å²) in [7, 11) is -4.94. The van der Waals surface area contributed by atoms with Crippen LogP contribution in [0.15, 0.2) is 95.2 Å². The number of hydrogen-bond donors (Lipinski definition) is 0. The molecule has 3 aromatic rings. The highest BCUT2D eigenvalue weighted by Crippen LogP contribution is 2.42. The number of halogens is 1. The molecule has 0 aliphatic carbocycles. The SMILES string of the molecule is CC(C)(C)C1=C/C(=C/C=C/C=C\c2cc(C(C)(C)C)c3ccccc3[o+]2)Oc2ccccc21.[O-][Cl+3]([O-])([O-])[O-]. The van der Waals surface area contributed by atoms with Gasteiger partial charge in [-0.25, -0.2) is 23.1 Å². The third-order valence-electron chi connectivity index (χ3n) is 5.74. The largest absolute Gasteiger partial charge is 0.457 e. The number of rotatable bonds is 3. The molecular formula is C31H33ClO6. The van der Waals surface area contributed by atoms with Gasteiger partial charge in [0.05, 0.1) is 5.39 Å². The van der Waals surface area contributed by atoms with Crippen molar-refractivity contribution in [3.05, 3.63) is 108 Å². The van der Waals surface area contributed by atoms with Crippen molar-refractivity contribution in [1.82, 2.24) is 0 Å². The third-order valence-corrected chi connectivity index (χ3v) is 5.74. The molecule has 1 aromatic heterocycles. The molecule has 1 aliphatic rings. The summed E-state index contributed by atoms with van der Waals surface area (Å²) in [6.45, 7) is 13.4. The maximum atomic E-state index is 8.49. The Morgan fingerprint density at radius 3 is 2.08 bits per heavy atom. The highest BCUT2D eigenvalue weighted by molar-refractivity contribution is 5.82. The molecule has 0 N–H and O–H groups in total. The van der Waals surface area contributed by atoms with Crippen LogP contribution in [0.1, 0.15) is 58.4 Å². The smallest absolute Gasteiger partial charge is 0.361 e. The topological polar surface area (TPSA) is 113 Å². The maximum Gasteiger partial charge on any atom is 0.361 e. The molecular weight excluding hydrogens is 504 g/mol. The summed E-state index contributed by atoms with van der Waals surface area (Å²) in [6, 6.07) is 18.6. The monoisotopic (exact) mass is 536 g/mol. The number of fused-ring (bicyclic) bond motifs is 2. The van der Waals surface area contributed by atoms with Gasteiger partial charge in [-0.2, -0.15) is 0 Å². The highest BCUT2D eigenvalue weighted by atomic mass is 35.7. The summed E-state index contributed by atoms with van der Waals surface area (Å²) in [5.74, 6) is 2.59. The van der Waals surface area contributed by atoms with E-state index < -0.39 is 10.2 Å². The molecule has 1 aliphatic heterocycles. The van der Waals surface area contributed by atoms with Gasteiger partial charge in [0.15, 0.2) is 0 Å². The zero-order chi connectivity index (χ0) is 28.1. The van der Waals surface area contributed by atoms with Gasteiger partial charge in [0.2, 0.25) is 0 Å².